The second kappa shape index (κ2) is 8.02. The van der Waals surface area contributed by atoms with E-state index < -0.39 is 0 Å². The van der Waals surface area contributed by atoms with Gasteiger partial charge in [0.25, 0.3) is 5.91 Å². The molecular formula is C22H21N7O2. The number of nitrogens with zero attached hydrogens (tertiary/aromatic N) is 5. The Bertz CT molecular complexity index is 1210. The minimum atomic E-state index is -0.247. The number of rotatable bonds is 5. The third-order valence-electron chi connectivity index (χ3n) is 5.14. The molecule has 0 bridgehead atoms. The first-order valence-corrected chi connectivity index (χ1v) is 10.2. The summed E-state index contributed by atoms with van der Waals surface area (Å²) in [4.78, 5) is 21.5. The zero-order valence-electron chi connectivity index (χ0n) is 17.0. The zero-order valence-corrected chi connectivity index (χ0v) is 17.0. The maximum atomic E-state index is 12.6. The highest BCUT2D eigenvalue weighted by molar-refractivity contribution is 6.04. The van der Waals surface area contributed by atoms with Crippen molar-refractivity contribution >= 4 is 23.1 Å². The summed E-state index contributed by atoms with van der Waals surface area (Å²) in [5.74, 6) is 2.56. The number of nitrogens with one attached hydrogen (secondary N) is 2. The minimum Gasteiger partial charge on any atom is -0.360 e. The Balaban J connectivity index is 1.29. The minimum absolute atomic E-state index is 0.247. The van der Waals surface area contributed by atoms with Crippen LogP contribution < -0.4 is 10.6 Å². The van der Waals surface area contributed by atoms with Gasteiger partial charge in [-0.2, -0.15) is 5.10 Å². The number of aryl methyl sites for hydroxylation is 2. The molecule has 0 spiro atoms. The first kappa shape index (κ1) is 19.0. The summed E-state index contributed by atoms with van der Waals surface area (Å²) in [6, 6.07) is 11.1. The van der Waals surface area contributed by atoms with Gasteiger partial charge >= 0.3 is 0 Å². The van der Waals surface area contributed by atoms with Gasteiger partial charge in [-0.25, -0.2) is 14.6 Å². The molecule has 0 saturated carbocycles. The van der Waals surface area contributed by atoms with Crippen LogP contribution in [0, 0.1) is 6.92 Å². The monoisotopic (exact) mass is 415 g/mol. The number of fused-ring (bicyclic) bond motifs is 1. The van der Waals surface area contributed by atoms with E-state index in [1.54, 1.807) is 10.9 Å². The fraction of sp³-hybridized carbons (Fsp3) is 0.227. The topological polar surface area (TPSA) is 111 Å². The van der Waals surface area contributed by atoms with Crippen molar-refractivity contribution in [3.05, 3.63) is 71.6 Å². The fourth-order valence-corrected chi connectivity index (χ4v) is 3.68. The van der Waals surface area contributed by atoms with Crippen LogP contribution in [0.15, 0.2) is 53.3 Å². The maximum Gasteiger partial charge on any atom is 0.278 e. The molecular weight excluding hydrogens is 394 g/mol. The van der Waals surface area contributed by atoms with Crippen LogP contribution in [0.2, 0.25) is 0 Å². The van der Waals surface area contributed by atoms with Gasteiger partial charge in [0, 0.05) is 41.8 Å². The Kier molecular flexibility index (Phi) is 4.91. The van der Waals surface area contributed by atoms with Crippen LogP contribution in [0.4, 0.5) is 17.2 Å². The van der Waals surface area contributed by atoms with E-state index in [1.165, 1.54) is 0 Å². The summed E-state index contributed by atoms with van der Waals surface area (Å²) in [5, 5.41) is 14.4. The van der Waals surface area contributed by atoms with Crippen molar-refractivity contribution in [1.82, 2.24) is 24.9 Å². The van der Waals surface area contributed by atoms with E-state index in [2.05, 4.69) is 30.9 Å². The maximum absolute atomic E-state index is 12.6. The summed E-state index contributed by atoms with van der Waals surface area (Å²) < 4.78 is 7.02. The largest absolute Gasteiger partial charge is 0.360 e. The highest BCUT2D eigenvalue weighted by Gasteiger charge is 2.24. The second-order valence-corrected chi connectivity index (χ2v) is 7.41. The van der Waals surface area contributed by atoms with Crippen LogP contribution in [-0.4, -0.2) is 30.8 Å². The summed E-state index contributed by atoms with van der Waals surface area (Å²) in [7, 11) is 0. The first-order valence-electron chi connectivity index (χ1n) is 10.2. The van der Waals surface area contributed by atoms with E-state index in [9.17, 15) is 4.79 Å². The van der Waals surface area contributed by atoms with E-state index in [0.29, 0.717) is 28.8 Å². The number of hydrogen-bond acceptors (Lipinski definition) is 7. The van der Waals surface area contributed by atoms with Gasteiger partial charge in [0.2, 0.25) is 0 Å². The molecule has 0 saturated heterocycles. The van der Waals surface area contributed by atoms with Crippen molar-refractivity contribution < 1.29 is 9.32 Å². The Morgan fingerprint density at radius 1 is 1.10 bits per heavy atom. The van der Waals surface area contributed by atoms with Crippen LogP contribution in [-0.2, 0) is 12.8 Å². The lowest BCUT2D eigenvalue weighted by Gasteiger charge is -2.11. The summed E-state index contributed by atoms with van der Waals surface area (Å²) >= 11 is 0. The number of hydrogen-bond donors (Lipinski definition) is 2. The van der Waals surface area contributed by atoms with E-state index in [4.69, 9.17) is 4.52 Å². The number of anilines is 3. The van der Waals surface area contributed by atoms with Crippen LogP contribution in [0.25, 0.3) is 5.82 Å². The molecule has 0 atom stereocenters. The summed E-state index contributed by atoms with van der Waals surface area (Å²) in [5.41, 5.74) is 2.84. The molecule has 4 aromatic rings. The molecule has 5 rings (SSSR count). The molecule has 3 heterocycles. The van der Waals surface area contributed by atoms with Gasteiger partial charge < -0.3 is 15.2 Å². The van der Waals surface area contributed by atoms with Gasteiger partial charge in [-0.15, -0.1) is 0 Å². The van der Waals surface area contributed by atoms with Gasteiger partial charge in [0.15, 0.2) is 11.5 Å². The van der Waals surface area contributed by atoms with Gasteiger partial charge in [-0.05, 0) is 56.5 Å². The van der Waals surface area contributed by atoms with Crippen molar-refractivity contribution in [3.8, 4) is 5.82 Å². The number of benzene rings is 1. The SMILES string of the molecule is Cc1nc(Nc2ccc(NC(=O)c3noc4c3CCCC4)cc2)cc(-n2cccn2)n1. The highest BCUT2D eigenvalue weighted by atomic mass is 16.5. The van der Waals surface area contributed by atoms with Crippen molar-refractivity contribution in [1.29, 1.82) is 0 Å². The molecule has 9 heteroatoms. The molecule has 156 valence electrons. The Hall–Kier alpha value is -4.01. The van der Waals surface area contributed by atoms with Crippen molar-refractivity contribution in [2.75, 3.05) is 10.6 Å². The predicted octanol–water partition coefficient (Wildman–Crippen LogP) is 3.83. The molecule has 0 radical (unpaired) electrons. The molecule has 1 aromatic carbocycles. The quantitative estimate of drug-likeness (QED) is 0.509. The molecule has 2 N–H and O–H groups in total. The van der Waals surface area contributed by atoms with Crippen LogP contribution in [0.3, 0.4) is 0 Å². The number of aromatic nitrogens is 5. The van der Waals surface area contributed by atoms with Crippen LogP contribution in [0.5, 0.6) is 0 Å². The Morgan fingerprint density at radius 3 is 2.71 bits per heavy atom. The van der Waals surface area contributed by atoms with Gasteiger partial charge in [-0.1, -0.05) is 5.16 Å². The molecule has 31 heavy (non-hydrogen) atoms. The lowest BCUT2D eigenvalue weighted by Crippen LogP contribution is -2.15. The van der Waals surface area contributed by atoms with E-state index in [-0.39, 0.29) is 5.91 Å². The average Bonchev–Trinajstić information content (AvgIpc) is 3.45. The second-order valence-electron chi connectivity index (χ2n) is 7.41. The first-order chi connectivity index (χ1) is 15.2. The highest BCUT2D eigenvalue weighted by Crippen LogP contribution is 2.25. The Labute approximate surface area is 178 Å². The van der Waals surface area contributed by atoms with Crippen LogP contribution in [0.1, 0.15) is 40.5 Å². The lowest BCUT2D eigenvalue weighted by molar-refractivity contribution is 0.101. The molecule has 1 amide bonds. The number of carbonyl (C=O) groups is 1. The normalized spacial score (nSPS) is 12.9. The third kappa shape index (κ3) is 4.02. The smallest absolute Gasteiger partial charge is 0.278 e. The molecule has 1 aliphatic rings. The molecule has 3 aromatic heterocycles. The van der Waals surface area contributed by atoms with E-state index >= 15 is 0 Å². The van der Waals surface area contributed by atoms with E-state index in [0.717, 1.165) is 42.7 Å². The van der Waals surface area contributed by atoms with Crippen molar-refractivity contribution in [2.24, 2.45) is 0 Å². The summed E-state index contributed by atoms with van der Waals surface area (Å²) in [6.07, 6.45) is 7.35. The number of amides is 1. The molecule has 0 aliphatic heterocycles. The standard InChI is InChI=1S/C22H21N7O2/c1-14-24-19(13-20(25-14)29-12-4-11-23-29)26-15-7-9-16(10-8-15)27-22(30)21-17-5-2-3-6-18(17)31-28-21/h4,7-13H,2-3,5-6H2,1H3,(H,27,30)(H,24,25,26). The lowest BCUT2D eigenvalue weighted by atomic mass is 9.96. The Morgan fingerprint density at radius 2 is 1.90 bits per heavy atom. The predicted molar refractivity (Wildman–Crippen MR) is 115 cm³/mol. The molecule has 9 nitrogen and oxygen atoms in total. The average molecular weight is 415 g/mol. The van der Waals surface area contributed by atoms with Crippen molar-refractivity contribution in [3.63, 3.8) is 0 Å². The van der Waals surface area contributed by atoms with E-state index in [1.807, 2.05) is 49.5 Å². The third-order valence-corrected chi connectivity index (χ3v) is 5.14. The summed E-state index contributed by atoms with van der Waals surface area (Å²) in [6.45, 7) is 1.83. The zero-order chi connectivity index (χ0) is 21.2. The van der Waals surface area contributed by atoms with Crippen LogP contribution >= 0.6 is 0 Å². The molecule has 0 fully saturated rings. The number of carbonyl (C=O) groups excluding carboxylic acids is 1. The van der Waals surface area contributed by atoms with Crippen molar-refractivity contribution in [2.45, 2.75) is 32.6 Å². The molecule has 1 aliphatic carbocycles. The van der Waals surface area contributed by atoms with Gasteiger partial charge in [-0.3, -0.25) is 4.79 Å². The fourth-order valence-electron chi connectivity index (χ4n) is 3.68. The van der Waals surface area contributed by atoms with Gasteiger partial charge in [0.1, 0.15) is 17.4 Å². The molecule has 0 unspecified atom stereocenters. The van der Waals surface area contributed by atoms with Gasteiger partial charge in [0.05, 0.1) is 0 Å².